The van der Waals surface area contributed by atoms with Gasteiger partial charge in [0.15, 0.2) is 5.84 Å². The van der Waals surface area contributed by atoms with E-state index in [9.17, 15) is 4.79 Å². The number of nitrogens with two attached hydrogens (primary N) is 1. The first-order valence-electron chi connectivity index (χ1n) is 7.01. The van der Waals surface area contributed by atoms with Gasteiger partial charge >= 0.3 is 0 Å². The molecule has 0 saturated heterocycles. The summed E-state index contributed by atoms with van der Waals surface area (Å²) in [5.41, 5.74) is 5.60. The Kier molecular flexibility index (Phi) is 5.00. The average Bonchev–Trinajstić information content (AvgIpc) is 3.14. The highest BCUT2D eigenvalue weighted by Gasteiger charge is 2.28. The standard InChI is InChI=1S/C14H21N3O2S/c1-2-11-7-8-12(20-11)14(18)17(9-13(15)16-19)10-5-3-4-6-10/h7-8,10,19H,2-6,9H2,1H3,(H2,15,16). The van der Waals surface area contributed by atoms with Gasteiger partial charge in [0, 0.05) is 10.9 Å². The van der Waals surface area contributed by atoms with Gasteiger partial charge in [-0.2, -0.15) is 0 Å². The van der Waals surface area contributed by atoms with E-state index in [2.05, 4.69) is 12.1 Å². The van der Waals surface area contributed by atoms with E-state index >= 15 is 0 Å². The Morgan fingerprint density at radius 1 is 1.50 bits per heavy atom. The van der Waals surface area contributed by atoms with E-state index in [0.717, 1.165) is 37.0 Å². The van der Waals surface area contributed by atoms with Crippen LogP contribution in [0, 0.1) is 0 Å². The Labute approximate surface area is 123 Å². The van der Waals surface area contributed by atoms with Crippen molar-refractivity contribution in [3.63, 3.8) is 0 Å². The number of hydrogen-bond donors (Lipinski definition) is 2. The van der Waals surface area contributed by atoms with Crippen molar-refractivity contribution in [3.05, 3.63) is 21.9 Å². The average molecular weight is 295 g/mol. The largest absolute Gasteiger partial charge is 0.409 e. The molecule has 3 N–H and O–H groups in total. The molecule has 20 heavy (non-hydrogen) atoms. The number of oxime groups is 1. The highest BCUT2D eigenvalue weighted by Crippen LogP contribution is 2.26. The van der Waals surface area contributed by atoms with Crippen LogP contribution >= 0.6 is 11.3 Å². The topological polar surface area (TPSA) is 78.9 Å². The molecule has 1 aliphatic rings. The maximum atomic E-state index is 12.7. The van der Waals surface area contributed by atoms with Crippen LogP contribution in [0.3, 0.4) is 0 Å². The fourth-order valence-corrected chi connectivity index (χ4v) is 3.52. The fourth-order valence-electron chi connectivity index (χ4n) is 2.61. The molecule has 6 heteroatoms. The molecule has 0 radical (unpaired) electrons. The number of aryl methyl sites for hydroxylation is 1. The number of thiophene rings is 1. The van der Waals surface area contributed by atoms with Gasteiger partial charge in [-0.25, -0.2) is 0 Å². The van der Waals surface area contributed by atoms with E-state index in [-0.39, 0.29) is 24.3 Å². The van der Waals surface area contributed by atoms with Crippen molar-refractivity contribution in [2.45, 2.75) is 45.1 Å². The molecule has 0 aromatic carbocycles. The summed E-state index contributed by atoms with van der Waals surface area (Å²) in [4.78, 5) is 16.3. The predicted molar refractivity (Wildman–Crippen MR) is 80.4 cm³/mol. The minimum atomic E-state index is -0.00630. The Balaban J connectivity index is 2.18. The lowest BCUT2D eigenvalue weighted by Crippen LogP contribution is -2.44. The molecule has 5 nitrogen and oxygen atoms in total. The van der Waals surface area contributed by atoms with Gasteiger partial charge in [-0.1, -0.05) is 24.9 Å². The Bertz CT molecular complexity index is 492. The summed E-state index contributed by atoms with van der Waals surface area (Å²) in [5, 5.41) is 11.7. The zero-order valence-electron chi connectivity index (χ0n) is 11.7. The van der Waals surface area contributed by atoms with Gasteiger partial charge in [-0.15, -0.1) is 11.3 Å². The Morgan fingerprint density at radius 2 is 2.20 bits per heavy atom. The predicted octanol–water partition coefficient (Wildman–Crippen LogP) is 2.44. The van der Waals surface area contributed by atoms with Crippen molar-refractivity contribution in [2.75, 3.05) is 6.54 Å². The molecular formula is C14H21N3O2S. The number of amidine groups is 1. The third kappa shape index (κ3) is 3.30. The summed E-state index contributed by atoms with van der Waals surface area (Å²) < 4.78 is 0. The van der Waals surface area contributed by atoms with Gasteiger partial charge in [-0.3, -0.25) is 4.79 Å². The van der Waals surface area contributed by atoms with Crippen LogP contribution in [-0.2, 0) is 6.42 Å². The third-order valence-corrected chi connectivity index (χ3v) is 4.93. The zero-order valence-corrected chi connectivity index (χ0v) is 12.5. The second kappa shape index (κ2) is 6.74. The number of amides is 1. The van der Waals surface area contributed by atoms with Crippen molar-refractivity contribution in [1.82, 2.24) is 4.90 Å². The van der Waals surface area contributed by atoms with Gasteiger partial charge in [0.2, 0.25) is 0 Å². The van der Waals surface area contributed by atoms with Crippen LogP contribution < -0.4 is 5.73 Å². The van der Waals surface area contributed by atoms with Gasteiger partial charge < -0.3 is 15.8 Å². The molecule has 110 valence electrons. The lowest BCUT2D eigenvalue weighted by Gasteiger charge is -2.28. The van der Waals surface area contributed by atoms with Crippen LogP contribution in [0.5, 0.6) is 0 Å². The molecule has 0 unspecified atom stereocenters. The van der Waals surface area contributed by atoms with Gasteiger partial charge in [0.05, 0.1) is 11.4 Å². The molecule has 0 spiro atoms. The molecular weight excluding hydrogens is 274 g/mol. The van der Waals surface area contributed by atoms with Crippen molar-refractivity contribution in [1.29, 1.82) is 0 Å². The molecule has 1 heterocycles. The van der Waals surface area contributed by atoms with E-state index in [4.69, 9.17) is 10.9 Å². The van der Waals surface area contributed by atoms with Crippen LogP contribution in [0.4, 0.5) is 0 Å². The highest BCUT2D eigenvalue weighted by molar-refractivity contribution is 7.14. The van der Waals surface area contributed by atoms with E-state index in [1.807, 2.05) is 12.1 Å². The molecule has 0 atom stereocenters. The second-order valence-corrected chi connectivity index (χ2v) is 6.25. The third-order valence-electron chi connectivity index (χ3n) is 3.71. The van der Waals surface area contributed by atoms with Crippen molar-refractivity contribution in [3.8, 4) is 0 Å². The van der Waals surface area contributed by atoms with Crippen LogP contribution in [-0.4, -0.2) is 34.4 Å². The maximum Gasteiger partial charge on any atom is 0.264 e. The molecule has 0 bridgehead atoms. The van der Waals surface area contributed by atoms with Crippen molar-refractivity contribution >= 4 is 23.1 Å². The monoisotopic (exact) mass is 295 g/mol. The summed E-state index contributed by atoms with van der Waals surface area (Å²) >= 11 is 1.53. The molecule has 1 amide bonds. The van der Waals surface area contributed by atoms with Crippen LogP contribution in [0.2, 0.25) is 0 Å². The van der Waals surface area contributed by atoms with E-state index in [1.165, 1.54) is 16.2 Å². The summed E-state index contributed by atoms with van der Waals surface area (Å²) in [5.74, 6) is 0.0747. The van der Waals surface area contributed by atoms with Crippen molar-refractivity contribution < 1.29 is 10.0 Å². The number of carbonyl (C=O) groups excluding carboxylic acids is 1. The quantitative estimate of drug-likeness (QED) is 0.379. The zero-order chi connectivity index (χ0) is 14.5. The Hall–Kier alpha value is -1.56. The fraction of sp³-hybridized carbons (Fsp3) is 0.571. The molecule has 1 aromatic rings. The van der Waals surface area contributed by atoms with Crippen LogP contribution in [0.1, 0.15) is 47.2 Å². The molecule has 1 aromatic heterocycles. The molecule has 1 saturated carbocycles. The highest BCUT2D eigenvalue weighted by atomic mass is 32.1. The summed E-state index contributed by atoms with van der Waals surface area (Å²) in [6.07, 6.45) is 5.19. The molecule has 0 aliphatic heterocycles. The summed E-state index contributed by atoms with van der Waals surface area (Å²) in [7, 11) is 0. The number of hydrogen-bond acceptors (Lipinski definition) is 4. The lowest BCUT2D eigenvalue weighted by atomic mass is 10.2. The van der Waals surface area contributed by atoms with Crippen molar-refractivity contribution in [2.24, 2.45) is 10.9 Å². The summed E-state index contributed by atoms with van der Waals surface area (Å²) in [6, 6.07) is 4.07. The minimum Gasteiger partial charge on any atom is -0.409 e. The molecule has 2 rings (SSSR count). The molecule has 1 fully saturated rings. The van der Waals surface area contributed by atoms with E-state index in [0.29, 0.717) is 0 Å². The molecule has 1 aliphatic carbocycles. The SMILES string of the molecule is CCc1ccc(C(=O)N(CC(N)=NO)C2CCCC2)s1. The smallest absolute Gasteiger partial charge is 0.264 e. The van der Waals surface area contributed by atoms with Gasteiger partial charge in [-0.05, 0) is 31.4 Å². The first kappa shape index (κ1) is 14.8. The number of nitrogens with zero attached hydrogens (tertiary/aromatic N) is 2. The lowest BCUT2D eigenvalue weighted by molar-refractivity contribution is 0.0717. The van der Waals surface area contributed by atoms with Crippen LogP contribution in [0.25, 0.3) is 0 Å². The van der Waals surface area contributed by atoms with E-state index < -0.39 is 0 Å². The Morgan fingerprint density at radius 3 is 2.75 bits per heavy atom. The maximum absolute atomic E-state index is 12.7. The first-order valence-corrected chi connectivity index (χ1v) is 7.83. The summed E-state index contributed by atoms with van der Waals surface area (Å²) in [6.45, 7) is 2.27. The van der Waals surface area contributed by atoms with Gasteiger partial charge in [0.1, 0.15) is 0 Å². The minimum absolute atomic E-state index is 0.00630. The second-order valence-electron chi connectivity index (χ2n) is 5.08. The normalized spacial score (nSPS) is 16.6. The van der Waals surface area contributed by atoms with Gasteiger partial charge in [0.25, 0.3) is 5.91 Å². The van der Waals surface area contributed by atoms with Crippen LogP contribution in [0.15, 0.2) is 17.3 Å². The number of rotatable bonds is 5. The van der Waals surface area contributed by atoms with E-state index in [1.54, 1.807) is 4.90 Å². The number of carbonyl (C=O) groups is 1. The first-order chi connectivity index (χ1) is 9.65.